The highest BCUT2D eigenvalue weighted by Crippen LogP contribution is 2.29. The largest absolute Gasteiger partial charge is 0.488 e. The SMILES string of the molecule is N#Cc1cnc(I)c(OC2CC2)c1. The summed E-state index contributed by atoms with van der Waals surface area (Å²) in [5.41, 5.74) is 0.552. The first kappa shape index (κ1) is 8.75. The molecular formula is C9H7IN2O. The van der Waals surface area contributed by atoms with E-state index in [1.807, 2.05) is 6.07 Å². The maximum absolute atomic E-state index is 8.65. The van der Waals surface area contributed by atoms with Crippen LogP contribution in [0.15, 0.2) is 12.3 Å². The van der Waals surface area contributed by atoms with Crippen molar-refractivity contribution in [3.8, 4) is 11.8 Å². The molecule has 1 heterocycles. The summed E-state index contributed by atoms with van der Waals surface area (Å²) in [5.74, 6) is 0.738. The van der Waals surface area contributed by atoms with Crippen molar-refractivity contribution in [3.63, 3.8) is 0 Å². The Morgan fingerprint density at radius 2 is 2.38 bits per heavy atom. The molecule has 0 aromatic carbocycles. The van der Waals surface area contributed by atoms with Gasteiger partial charge in [-0.05, 0) is 35.4 Å². The Hall–Kier alpha value is -0.830. The van der Waals surface area contributed by atoms with Gasteiger partial charge in [-0.1, -0.05) is 0 Å². The average molecular weight is 286 g/mol. The quantitative estimate of drug-likeness (QED) is 0.618. The Bertz CT molecular complexity index is 368. The fourth-order valence-electron chi connectivity index (χ4n) is 0.937. The minimum Gasteiger partial charge on any atom is -0.488 e. The number of nitrogens with zero attached hydrogens (tertiary/aromatic N) is 2. The second kappa shape index (κ2) is 3.50. The molecule has 0 bridgehead atoms. The lowest BCUT2D eigenvalue weighted by Gasteiger charge is -2.05. The van der Waals surface area contributed by atoms with Crippen molar-refractivity contribution in [3.05, 3.63) is 21.5 Å². The molecule has 1 fully saturated rings. The van der Waals surface area contributed by atoms with E-state index in [0.717, 1.165) is 22.3 Å². The van der Waals surface area contributed by atoms with Gasteiger partial charge in [0.2, 0.25) is 0 Å². The van der Waals surface area contributed by atoms with Crippen molar-refractivity contribution in [1.82, 2.24) is 4.98 Å². The van der Waals surface area contributed by atoms with E-state index in [-0.39, 0.29) is 0 Å². The van der Waals surface area contributed by atoms with E-state index in [4.69, 9.17) is 10.00 Å². The summed E-state index contributed by atoms with van der Waals surface area (Å²) >= 11 is 2.11. The van der Waals surface area contributed by atoms with E-state index >= 15 is 0 Å². The van der Waals surface area contributed by atoms with Gasteiger partial charge < -0.3 is 4.74 Å². The summed E-state index contributed by atoms with van der Waals surface area (Å²) in [6, 6.07) is 3.79. The van der Waals surface area contributed by atoms with Crippen molar-refractivity contribution >= 4 is 22.6 Å². The lowest BCUT2D eigenvalue weighted by molar-refractivity contribution is 0.299. The smallest absolute Gasteiger partial charge is 0.152 e. The zero-order valence-electron chi connectivity index (χ0n) is 6.83. The van der Waals surface area contributed by atoms with Crippen LogP contribution in [-0.4, -0.2) is 11.1 Å². The first-order chi connectivity index (χ1) is 6.29. The molecule has 66 valence electrons. The summed E-state index contributed by atoms with van der Waals surface area (Å²) in [5, 5.41) is 8.65. The molecule has 0 unspecified atom stereocenters. The third-order valence-corrected chi connectivity index (χ3v) is 2.56. The minimum absolute atomic E-state index is 0.351. The molecule has 2 rings (SSSR count). The molecule has 0 spiro atoms. The highest BCUT2D eigenvalue weighted by molar-refractivity contribution is 14.1. The highest BCUT2D eigenvalue weighted by Gasteiger charge is 2.24. The number of hydrogen-bond acceptors (Lipinski definition) is 3. The van der Waals surface area contributed by atoms with Gasteiger partial charge in [0.1, 0.15) is 9.77 Å². The van der Waals surface area contributed by atoms with Crippen LogP contribution in [0.3, 0.4) is 0 Å². The number of nitriles is 1. The minimum atomic E-state index is 0.351. The average Bonchev–Trinajstić information content (AvgIpc) is 2.93. The van der Waals surface area contributed by atoms with Gasteiger partial charge in [0.05, 0.1) is 11.7 Å². The van der Waals surface area contributed by atoms with Crippen LogP contribution >= 0.6 is 22.6 Å². The van der Waals surface area contributed by atoms with Crippen LogP contribution in [0.5, 0.6) is 5.75 Å². The Kier molecular flexibility index (Phi) is 2.36. The fraction of sp³-hybridized carbons (Fsp3) is 0.333. The first-order valence-electron chi connectivity index (χ1n) is 4.02. The zero-order valence-corrected chi connectivity index (χ0v) is 8.98. The Morgan fingerprint density at radius 3 is 3.00 bits per heavy atom. The number of pyridine rings is 1. The normalized spacial score (nSPS) is 15.1. The van der Waals surface area contributed by atoms with Crippen LogP contribution in [0.2, 0.25) is 0 Å². The van der Waals surface area contributed by atoms with E-state index in [9.17, 15) is 0 Å². The molecule has 1 aromatic rings. The highest BCUT2D eigenvalue weighted by atomic mass is 127. The maximum Gasteiger partial charge on any atom is 0.152 e. The number of aromatic nitrogens is 1. The van der Waals surface area contributed by atoms with Gasteiger partial charge in [0, 0.05) is 12.3 Å². The number of rotatable bonds is 2. The Labute approximate surface area is 89.9 Å². The van der Waals surface area contributed by atoms with Crippen LogP contribution in [0, 0.1) is 15.0 Å². The summed E-state index contributed by atoms with van der Waals surface area (Å²) < 4.78 is 6.40. The zero-order chi connectivity index (χ0) is 9.26. The fourth-order valence-corrected chi connectivity index (χ4v) is 1.36. The van der Waals surface area contributed by atoms with Crippen molar-refractivity contribution in [2.24, 2.45) is 0 Å². The molecule has 0 saturated heterocycles. The van der Waals surface area contributed by atoms with Gasteiger partial charge in [-0.15, -0.1) is 0 Å². The predicted octanol–water partition coefficient (Wildman–Crippen LogP) is 2.10. The first-order valence-corrected chi connectivity index (χ1v) is 5.10. The van der Waals surface area contributed by atoms with Gasteiger partial charge in [0.15, 0.2) is 5.75 Å². The monoisotopic (exact) mass is 286 g/mol. The molecule has 1 aromatic heterocycles. The van der Waals surface area contributed by atoms with Gasteiger partial charge in [-0.25, -0.2) is 4.98 Å². The summed E-state index contributed by atoms with van der Waals surface area (Å²) in [6.45, 7) is 0. The molecule has 0 radical (unpaired) electrons. The molecule has 0 N–H and O–H groups in total. The molecule has 0 amide bonds. The summed E-state index contributed by atoms with van der Waals surface area (Å²) in [6.07, 6.45) is 4.14. The second-order valence-corrected chi connectivity index (χ2v) is 3.96. The molecule has 4 heteroatoms. The van der Waals surface area contributed by atoms with E-state index < -0.39 is 0 Å². The van der Waals surface area contributed by atoms with Crippen molar-refractivity contribution in [1.29, 1.82) is 5.26 Å². The summed E-state index contributed by atoms with van der Waals surface area (Å²) in [7, 11) is 0. The second-order valence-electron chi connectivity index (χ2n) is 2.94. The predicted molar refractivity (Wildman–Crippen MR) is 55.3 cm³/mol. The lowest BCUT2D eigenvalue weighted by Crippen LogP contribution is -1.99. The van der Waals surface area contributed by atoms with Crippen LogP contribution in [0.25, 0.3) is 0 Å². The molecule has 0 atom stereocenters. The molecule has 1 aliphatic rings. The topological polar surface area (TPSA) is 45.9 Å². The Balaban J connectivity index is 2.25. The molecule has 1 aliphatic carbocycles. The van der Waals surface area contributed by atoms with Crippen LogP contribution in [0.1, 0.15) is 18.4 Å². The van der Waals surface area contributed by atoms with Crippen LogP contribution in [-0.2, 0) is 0 Å². The van der Waals surface area contributed by atoms with E-state index in [0.29, 0.717) is 11.7 Å². The van der Waals surface area contributed by atoms with E-state index in [1.54, 1.807) is 12.3 Å². The molecule has 1 saturated carbocycles. The molecule has 0 aliphatic heterocycles. The van der Waals surface area contributed by atoms with Gasteiger partial charge in [0.25, 0.3) is 0 Å². The molecular weight excluding hydrogens is 279 g/mol. The van der Waals surface area contributed by atoms with E-state index in [2.05, 4.69) is 27.6 Å². The van der Waals surface area contributed by atoms with Crippen molar-refractivity contribution in [2.45, 2.75) is 18.9 Å². The number of halogens is 1. The lowest BCUT2D eigenvalue weighted by atomic mass is 10.3. The van der Waals surface area contributed by atoms with Crippen molar-refractivity contribution in [2.75, 3.05) is 0 Å². The van der Waals surface area contributed by atoms with Gasteiger partial charge in [-0.3, -0.25) is 0 Å². The van der Waals surface area contributed by atoms with Crippen LogP contribution < -0.4 is 4.74 Å². The van der Waals surface area contributed by atoms with Crippen molar-refractivity contribution < 1.29 is 4.74 Å². The third-order valence-electron chi connectivity index (χ3n) is 1.75. The van der Waals surface area contributed by atoms with Gasteiger partial charge in [-0.2, -0.15) is 5.26 Å². The number of hydrogen-bond donors (Lipinski definition) is 0. The maximum atomic E-state index is 8.65. The van der Waals surface area contributed by atoms with E-state index in [1.165, 1.54) is 0 Å². The summed E-state index contributed by atoms with van der Waals surface area (Å²) in [4.78, 5) is 4.07. The standard InChI is InChI=1S/C9H7IN2O/c10-9-8(13-7-1-2-7)3-6(4-11)5-12-9/h3,5,7H,1-2H2. The molecule has 3 nitrogen and oxygen atoms in total. The van der Waals surface area contributed by atoms with Crippen LogP contribution in [0.4, 0.5) is 0 Å². The number of ether oxygens (including phenoxy) is 1. The van der Waals surface area contributed by atoms with Gasteiger partial charge >= 0.3 is 0 Å². The Morgan fingerprint density at radius 1 is 1.62 bits per heavy atom. The third kappa shape index (κ3) is 2.10. The molecule has 13 heavy (non-hydrogen) atoms.